The summed E-state index contributed by atoms with van der Waals surface area (Å²) in [7, 11) is -1.53. The summed E-state index contributed by atoms with van der Waals surface area (Å²) in [4.78, 5) is 8.59. The molecule has 2 nitrogen and oxygen atoms in total. The summed E-state index contributed by atoms with van der Waals surface area (Å²) < 4.78 is 0. The van der Waals surface area contributed by atoms with Crippen LogP contribution in [0.4, 0.5) is 0 Å². The summed E-state index contributed by atoms with van der Waals surface area (Å²) >= 11 is 0. The Morgan fingerprint density at radius 1 is 0.875 bits per heavy atom. The Morgan fingerprint density at radius 2 is 1.50 bits per heavy atom. The van der Waals surface area contributed by atoms with Crippen LogP contribution in [0.2, 0.25) is 16.6 Å². The fourth-order valence-electron chi connectivity index (χ4n) is 4.86. The van der Waals surface area contributed by atoms with Gasteiger partial charge in [-0.3, -0.25) is 4.98 Å². The van der Waals surface area contributed by atoms with Crippen LogP contribution in [0.1, 0.15) is 47.2 Å². The molecule has 0 atom stereocenters. The van der Waals surface area contributed by atoms with Crippen LogP contribution >= 0.6 is 0 Å². The molecule has 24 heavy (non-hydrogen) atoms. The van der Waals surface area contributed by atoms with Gasteiger partial charge in [0.15, 0.2) is 0 Å². The van der Waals surface area contributed by atoms with Crippen molar-refractivity contribution >= 4 is 29.9 Å². The first-order valence-corrected chi connectivity index (χ1v) is 11.7. The monoisotopic (exact) mass is 338 g/mol. The summed E-state index contributed by atoms with van der Waals surface area (Å²) in [5, 5.41) is 2.57. The number of para-hydroxylation sites is 1. The van der Waals surface area contributed by atoms with Crippen molar-refractivity contribution in [2.24, 2.45) is 0 Å². The smallest absolute Gasteiger partial charge is 0.0712 e. The number of benzene rings is 1. The van der Waals surface area contributed by atoms with E-state index in [2.05, 4.69) is 83.1 Å². The van der Waals surface area contributed by atoms with E-state index in [1.54, 1.807) is 0 Å². The van der Waals surface area contributed by atoms with Gasteiger partial charge < -0.3 is 4.98 Å². The lowest BCUT2D eigenvalue weighted by Gasteiger charge is -2.43. The Labute approximate surface area is 146 Å². The molecule has 0 aliphatic heterocycles. The first-order chi connectivity index (χ1) is 11.4. The molecule has 3 aromatic rings. The van der Waals surface area contributed by atoms with E-state index < -0.39 is 8.07 Å². The standard InChI is InChI=1S/C21H30N2Si/c1-14(2)24(15(3)4,16(5)6)13-20-21-18(11-12-22-21)17-9-7-8-10-19(17)23-20/h7-12,14-16,22H,13H2,1-6H3. The molecule has 3 heteroatoms. The van der Waals surface area contributed by atoms with Gasteiger partial charge in [0.2, 0.25) is 0 Å². The van der Waals surface area contributed by atoms with Crippen LogP contribution in [0, 0.1) is 0 Å². The van der Waals surface area contributed by atoms with Crippen LogP contribution in [0.3, 0.4) is 0 Å². The molecule has 0 saturated carbocycles. The molecule has 0 aliphatic carbocycles. The maximum Gasteiger partial charge on any atom is 0.0712 e. The quantitative estimate of drug-likeness (QED) is 0.530. The molecule has 0 saturated heterocycles. The van der Waals surface area contributed by atoms with Crippen molar-refractivity contribution in [2.75, 3.05) is 0 Å². The van der Waals surface area contributed by atoms with E-state index >= 15 is 0 Å². The maximum absolute atomic E-state index is 5.11. The van der Waals surface area contributed by atoms with E-state index in [1.165, 1.54) is 22.0 Å². The Bertz CT molecular complexity index is 824. The third kappa shape index (κ3) is 2.59. The van der Waals surface area contributed by atoms with Crippen LogP contribution in [0.15, 0.2) is 36.5 Å². The van der Waals surface area contributed by atoms with Gasteiger partial charge in [0.25, 0.3) is 0 Å². The molecule has 1 N–H and O–H groups in total. The van der Waals surface area contributed by atoms with Gasteiger partial charge in [-0.2, -0.15) is 0 Å². The Kier molecular flexibility index (Phi) is 4.56. The molecule has 0 spiro atoms. The number of H-pyrrole nitrogens is 1. The van der Waals surface area contributed by atoms with E-state index in [4.69, 9.17) is 4.98 Å². The normalized spacial score (nSPS) is 13.0. The zero-order chi connectivity index (χ0) is 17.5. The fraction of sp³-hybridized carbons (Fsp3) is 0.476. The number of aromatic nitrogens is 2. The van der Waals surface area contributed by atoms with Crippen molar-refractivity contribution in [2.45, 2.75) is 64.2 Å². The molecule has 2 aromatic heterocycles. The van der Waals surface area contributed by atoms with Crippen molar-refractivity contribution < 1.29 is 0 Å². The predicted octanol–water partition coefficient (Wildman–Crippen LogP) is 6.48. The van der Waals surface area contributed by atoms with Crippen molar-refractivity contribution in [3.63, 3.8) is 0 Å². The summed E-state index contributed by atoms with van der Waals surface area (Å²) in [6.07, 6.45) is 2.06. The molecule has 0 unspecified atom stereocenters. The summed E-state index contributed by atoms with van der Waals surface area (Å²) in [5.74, 6) is 0. The Morgan fingerprint density at radius 3 is 2.12 bits per heavy atom. The van der Waals surface area contributed by atoms with Gasteiger partial charge in [-0.25, -0.2) is 0 Å². The highest BCUT2D eigenvalue weighted by Crippen LogP contribution is 2.44. The lowest BCUT2D eigenvalue weighted by molar-refractivity contribution is 0.794. The van der Waals surface area contributed by atoms with E-state index in [9.17, 15) is 0 Å². The van der Waals surface area contributed by atoms with Crippen LogP contribution in [0.5, 0.6) is 0 Å². The van der Waals surface area contributed by atoms with Gasteiger partial charge in [0.05, 0.1) is 24.8 Å². The lowest BCUT2D eigenvalue weighted by Crippen LogP contribution is -2.47. The molecular formula is C21H30N2Si. The van der Waals surface area contributed by atoms with E-state index in [1.807, 2.05) is 0 Å². The number of hydrogen-bond acceptors (Lipinski definition) is 1. The molecule has 0 bridgehead atoms. The number of aromatic amines is 1. The number of hydrogen-bond donors (Lipinski definition) is 1. The molecule has 3 rings (SSSR count). The van der Waals surface area contributed by atoms with Crippen LogP contribution < -0.4 is 0 Å². The number of rotatable bonds is 5. The molecule has 2 heterocycles. The zero-order valence-corrected chi connectivity index (χ0v) is 16.9. The summed E-state index contributed by atoms with van der Waals surface area (Å²) in [6, 6.07) is 11.9. The average Bonchev–Trinajstić information content (AvgIpc) is 3.01. The molecule has 1 aromatic carbocycles. The number of fused-ring (bicyclic) bond motifs is 3. The van der Waals surface area contributed by atoms with Crippen LogP contribution in [0.25, 0.3) is 21.8 Å². The minimum absolute atomic E-state index is 0.746. The van der Waals surface area contributed by atoms with Gasteiger partial charge in [-0.15, -0.1) is 0 Å². The van der Waals surface area contributed by atoms with E-state index in [0.29, 0.717) is 0 Å². The largest absolute Gasteiger partial charge is 0.360 e. The maximum atomic E-state index is 5.11. The predicted molar refractivity (Wildman–Crippen MR) is 108 cm³/mol. The van der Waals surface area contributed by atoms with E-state index in [0.717, 1.165) is 28.2 Å². The van der Waals surface area contributed by atoms with Crippen molar-refractivity contribution in [1.82, 2.24) is 9.97 Å². The highest BCUT2D eigenvalue weighted by Gasteiger charge is 2.43. The molecule has 0 aliphatic rings. The molecule has 0 fully saturated rings. The van der Waals surface area contributed by atoms with Crippen LogP contribution in [-0.4, -0.2) is 18.0 Å². The SMILES string of the molecule is CC(C)[Si](Cc1nc2ccccc2c2cc[nH]c12)(C(C)C)C(C)C. The Hall–Kier alpha value is -1.61. The van der Waals surface area contributed by atoms with Crippen molar-refractivity contribution in [3.8, 4) is 0 Å². The van der Waals surface area contributed by atoms with Gasteiger partial charge in [0, 0.05) is 17.0 Å². The first kappa shape index (κ1) is 17.2. The number of nitrogens with one attached hydrogen (secondary N) is 1. The van der Waals surface area contributed by atoms with Crippen LogP contribution in [-0.2, 0) is 6.04 Å². The topological polar surface area (TPSA) is 28.7 Å². The highest BCUT2D eigenvalue weighted by atomic mass is 28.3. The van der Waals surface area contributed by atoms with Gasteiger partial charge in [-0.1, -0.05) is 76.4 Å². The molecule has 128 valence electrons. The number of pyridine rings is 1. The highest BCUT2D eigenvalue weighted by molar-refractivity contribution is 6.83. The first-order valence-electron chi connectivity index (χ1n) is 9.22. The molecule has 0 radical (unpaired) electrons. The van der Waals surface area contributed by atoms with Gasteiger partial charge in [-0.05, 0) is 18.2 Å². The average molecular weight is 339 g/mol. The number of nitrogens with zero attached hydrogens (tertiary/aromatic N) is 1. The second-order valence-corrected chi connectivity index (χ2v) is 14.1. The summed E-state index contributed by atoms with van der Waals surface area (Å²) in [6.45, 7) is 14.6. The minimum atomic E-state index is -1.53. The lowest BCUT2D eigenvalue weighted by atomic mass is 10.1. The van der Waals surface area contributed by atoms with Gasteiger partial charge >= 0.3 is 0 Å². The third-order valence-electron chi connectivity index (χ3n) is 6.18. The zero-order valence-electron chi connectivity index (χ0n) is 15.9. The second kappa shape index (κ2) is 6.36. The van der Waals surface area contributed by atoms with Gasteiger partial charge in [0.1, 0.15) is 0 Å². The molecular weight excluding hydrogens is 308 g/mol. The van der Waals surface area contributed by atoms with Crippen molar-refractivity contribution in [1.29, 1.82) is 0 Å². The Balaban J connectivity index is 2.22. The fourth-order valence-corrected chi connectivity index (χ4v) is 10.9. The summed E-state index contributed by atoms with van der Waals surface area (Å²) in [5.41, 5.74) is 5.88. The van der Waals surface area contributed by atoms with Crippen molar-refractivity contribution in [3.05, 3.63) is 42.2 Å². The van der Waals surface area contributed by atoms with E-state index in [-0.39, 0.29) is 0 Å². The molecule has 0 amide bonds. The second-order valence-electron chi connectivity index (χ2n) is 8.10. The third-order valence-corrected chi connectivity index (χ3v) is 13.6. The minimum Gasteiger partial charge on any atom is -0.360 e.